The summed E-state index contributed by atoms with van der Waals surface area (Å²) >= 11 is 0. The molecule has 6 heteroatoms. The Morgan fingerprint density at radius 3 is 2.84 bits per heavy atom. The number of halogens is 2. The van der Waals surface area contributed by atoms with Crippen LogP contribution in [0.2, 0.25) is 0 Å². The van der Waals surface area contributed by atoms with Crippen molar-refractivity contribution in [2.45, 2.75) is 13.5 Å². The summed E-state index contributed by atoms with van der Waals surface area (Å²) < 4.78 is 35.6. The van der Waals surface area contributed by atoms with Crippen LogP contribution in [0.3, 0.4) is 0 Å². The summed E-state index contributed by atoms with van der Waals surface area (Å²) in [4.78, 5) is 10.9. The van der Waals surface area contributed by atoms with E-state index in [0.29, 0.717) is 25.3 Å². The van der Waals surface area contributed by atoms with Gasteiger partial charge in [-0.05, 0) is 13.0 Å². The van der Waals surface area contributed by atoms with Crippen LogP contribution in [0.4, 0.5) is 8.78 Å². The van der Waals surface area contributed by atoms with E-state index >= 15 is 0 Å². The van der Waals surface area contributed by atoms with Crippen molar-refractivity contribution >= 4 is 5.97 Å². The largest absolute Gasteiger partial charge is 0.464 e. The van der Waals surface area contributed by atoms with Crippen molar-refractivity contribution < 1.29 is 23.0 Å². The molecule has 0 saturated heterocycles. The van der Waals surface area contributed by atoms with Gasteiger partial charge in [0.2, 0.25) is 0 Å². The van der Waals surface area contributed by atoms with Crippen LogP contribution < -0.4 is 5.32 Å². The van der Waals surface area contributed by atoms with Crippen molar-refractivity contribution in [2.75, 3.05) is 26.4 Å². The highest BCUT2D eigenvalue weighted by Gasteiger charge is 2.03. The Morgan fingerprint density at radius 1 is 1.37 bits per heavy atom. The first-order chi connectivity index (χ1) is 9.13. The molecule has 1 rings (SSSR count). The number of rotatable bonds is 8. The lowest BCUT2D eigenvalue weighted by molar-refractivity contribution is -0.148. The third-order valence-electron chi connectivity index (χ3n) is 2.28. The number of carbonyl (C=O) groups excluding carboxylic acids is 1. The summed E-state index contributed by atoms with van der Waals surface area (Å²) in [5.74, 6) is -1.59. The highest BCUT2D eigenvalue weighted by molar-refractivity contribution is 5.70. The quantitative estimate of drug-likeness (QED) is 0.578. The van der Waals surface area contributed by atoms with Gasteiger partial charge in [0.25, 0.3) is 0 Å². The molecule has 0 bridgehead atoms. The monoisotopic (exact) mass is 273 g/mol. The van der Waals surface area contributed by atoms with Crippen LogP contribution in [-0.4, -0.2) is 32.3 Å². The minimum absolute atomic E-state index is 0.0968. The second-order valence-corrected chi connectivity index (χ2v) is 3.77. The van der Waals surface area contributed by atoms with Crippen LogP contribution in [-0.2, 0) is 20.8 Å². The molecule has 106 valence electrons. The Kier molecular flexibility index (Phi) is 6.99. The smallest absolute Gasteiger partial charge is 0.332 e. The fourth-order valence-corrected chi connectivity index (χ4v) is 1.39. The molecule has 0 aliphatic carbocycles. The topological polar surface area (TPSA) is 47.6 Å². The SMILES string of the molecule is CCOC(=O)COCCNCc1ccc(F)cc1F. The molecule has 1 aromatic rings. The molecule has 0 saturated carbocycles. The molecule has 0 atom stereocenters. The predicted octanol–water partition coefficient (Wildman–Crippen LogP) is 1.63. The van der Waals surface area contributed by atoms with Gasteiger partial charge < -0.3 is 14.8 Å². The van der Waals surface area contributed by atoms with Crippen LogP contribution in [0.5, 0.6) is 0 Å². The number of hydrogen-bond acceptors (Lipinski definition) is 4. The van der Waals surface area contributed by atoms with Crippen molar-refractivity contribution in [1.29, 1.82) is 0 Å². The van der Waals surface area contributed by atoms with Crippen molar-refractivity contribution in [1.82, 2.24) is 5.32 Å². The zero-order valence-corrected chi connectivity index (χ0v) is 10.7. The third-order valence-corrected chi connectivity index (χ3v) is 2.28. The predicted molar refractivity (Wildman–Crippen MR) is 65.5 cm³/mol. The van der Waals surface area contributed by atoms with Crippen LogP contribution >= 0.6 is 0 Å². The summed E-state index contributed by atoms with van der Waals surface area (Å²) in [5.41, 5.74) is 0.381. The van der Waals surface area contributed by atoms with Gasteiger partial charge in [0.15, 0.2) is 0 Å². The van der Waals surface area contributed by atoms with Gasteiger partial charge in [0, 0.05) is 24.7 Å². The van der Waals surface area contributed by atoms with E-state index in [1.807, 2.05) is 0 Å². The summed E-state index contributed by atoms with van der Waals surface area (Å²) in [6, 6.07) is 3.43. The lowest BCUT2D eigenvalue weighted by Crippen LogP contribution is -2.22. The Morgan fingerprint density at radius 2 is 2.16 bits per heavy atom. The molecule has 0 unspecified atom stereocenters. The van der Waals surface area contributed by atoms with E-state index in [1.54, 1.807) is 6.92 Å². The molecule has 0 amide bonds. The molecule has 19 heavy (non-hydrogen) atoms. The van der Waals surface area contributed by atoms with Crippen molar-refractivity contribution in [3.8, 4) is 0 Å². The second-order valence-electron chi connectivity index (χ2n) is 3.77. The molecule has 0 heterocycles. The first-order valence-corrected chi connectivity index (χ1v) is 6.01. The lowest BCUT2D eigenvalue weighted by atomic mass is 10.2. The van der Waals surface area contributed by atoms with E-state index in [2.05, 4.69) is 10.1 Å². The first-order valence-electron chi connectivity index (χ1n) is 6.01. The maximum absolute atomic E-state index is 13.2. The van der Waals surface area contributed by atoms with Crippen molar-refractivity contribution in [3.05, 3.63) is 35.4 Å². The van der Waals surface area contributed by atoms with Gasteiger partial charge in [-0.2, -0.15) is 0 Å². The molecule has 1 aromatic carbocycles. The molecular formula is C13H17F2NO3. The standard InChI is InChI=1S/C13H17F2NO3/c1-2-19-13(17)9-18-6-5-16-8-10-3-4-11(14)7-12(10)15/h3-4,7,16H,2,5-6,8-9H2,1H3. The summed E-state index contributed by atoms with van der Waals surface area (Å²) in [5, 5.41) is 2.93. The van der Waals surface area contributed by atoms with Gasteiger partial charge in [-0.25, -0.2) is 13.6 Å². The lowest BCUT2D eigenvalue weighted by Gasteiger charge is -2.07. The van der Waals surface area contributed by atoms with E-state index in [9.17, 15) is 13.6 Å². The van der Waals surface area contributed by atoms with Crippen LogP contribution in [0.15, 0.2) is 18.2 Å². The minimum Gasteiger partial charge on any atom is -0.464 e. The fourth-order valence-electron chi connectivity index (χ4n) is 1.39. The summed E-state index contributed by atoms with van der Waals surface area (Å²) in [6.07, 6.45) is 0. The molecule has 0 aromatic heterocycles. The Bertz CT molecular complexity index is 413. The fraction of sp³-hybridized carbons (Fsp3) is 0.462. The van der Waals surface area contributed by atoms with Gasteiger partial charge >= 0.3 is 5.97 Å². The van der Waals surface area contributed by atoms with E-state index in [0.717, 1.165) is 6.07 Å². The zero-order chi connectivity index (χ0) is 14.1. The first kappa shape index (κ1) is 15.5. The van der Waals surface area contributed by atoms with Gasteiger partial charge in [-0.15, -0.1) is 0 Å². The maximum Gasteiger partial charge on any atom is 0.332 e. The Balaban J connectivity index is 2.12. The number of nitrogens with one attached hydrogen (secondary N) is 1. The van der Waals surface area contributed by atoms with E-state index in [4.69, 9.17) is 4.74 Å². The maximum atomic E-state index is 13.2. The number of benzene rings is 1. The number of ether oxygens (including phenoxy) is 2. The van der Waals surface area contributed by atoms with Gasteiger partial charge in [-0.1, -0.05) is 6.07 Å². The Hall–Kier alpha value is -1.53. The van der Waals surface area contributed by atoms with E-state index < -0.39 is 17.6 Å². The highest BCUT2D eigenvalue weighted by Crippen LogP contribution is 2.08. The second kappa shape index (κ2) is 8.55. The molecular weight excluding hydrogens is 256 g/mol. The van der Waals surface area contributed by atoms with Crippen LogP contribution in [0, 0.1) is 11.6 Å². The van der Waals surface area contributed by atoms with Gasteiger partial charge in [0.1, 0.15) is 18.2 Å². The molecule has 0 aliphatic rings. The Labute approximate surface area is 110 Å². The summed E-state index contributed by atoms with van der Waals surface area (Å²) in [7, 11) is 0. The third kappa shape index (κ3) is 6.26. The number of esters is 1. The molecule has 0 aliphatic heterocycles. The molecule has 0 spiro atoms. The van der Waals surface area contributed by atoms with Crippen molar-refractivity contribution in [3.63, 3.8) is 0 Å². The minimum atomic E-state index is -0.598. The van der Waals surface area contributed by atoms with E-state index in [1.165, 1.54) is 12.1 Å². The highest BCUT2D eigenvalue weighted by atomic mass is 19.1. The van der Waals surface area contributed by atoms with Crippen LogP contribution in [0.1, 0.15) is 12.5 Å². The molecule has 4 nitrogen and oxygen atoms in total. The molecule has 1 N–H and O–H groups in total. The van der Waals surface area contributed by atoms with Crippen molar-refractivity contribution in [2.24, 2.45) is 0 Å². The molecule has 0 fully saturated rings. The van der Waals surface area contributed by atoms with Crippen LogP contribution in [0.25, 0.3) is 0 Å². The van der Waals surface area contributed by atoms with Gasteiger partial charge in [-0.3, -0.25) is 0 Å². The number of carbonyl (C=O) groups is 1. The summed E-state index contributed by atoms with van der Waals surface area (Å²) in [6.45, 7) is 2.98. The average molecular weight is 273 g/mol. The van der Waals surface area contributed by atoms with Gasteiger partial charge in [0.05, 0.1) is 13.2 Å². The molecule has 0 radical (unpaired) electrons. The van der Waals surface area contributed by atoms with E-state index in [-0.39, 0.29) is 13.2 Å². The average Bonchev–Trinajstić information content (AvgIpc) is 2.36. The number of hydrogen-bond donors (Lipinski definition) is 1. The normalized spacial score (nSPS) is 10.5. The zero-order valence-electron chi connectivity index (χ0n) is 10.7.